The van der Waals surface area contributed by atoms with Gasteiger partial charge in [-0.2, -0.15) is 5.26 Å². The molecule has 1 aromatic rings. The number of nitriles is 1. The fraction of sp³-hybridized carbons (Fsp3) is 0.200. The molecule has 0 aliphatic rings. The number of carbonyl (C=O) groups is 1. The number of rotatable bonds is 3. The Balaban J connectivity index is 2.74. The van der Waals surface area contributed by atoms with E-state index in [4.69, 9.17) is 10.4 Å². The Morgan fingerprint density at radius 3 is 2.50 bits per heavy atom. The Morgan fingerprint density at radius 1 is 1.50 bits per heavy atom. The second-order valence-electron chi connectivity index (χ2n) is 2.85. The van der Waals surface area contributed by atoms with Crippen LogP contribution in [0.25, 0.3) is 0 Å². The predicted octanol–water partition coefficient (Wildman–Crippen LogP) is 1.59. The van der Waals surface area contributed by atoms with Gasteiger partial charge in [-0.1, -0.05) is 12.1 Å². The van der Waals surface area contributed by atoms with Crippen LogP contribution in [0.2, 0.25) is 0 Å². The van der Waals surface area contributed by atoms with E-state index >= 15 is 0 Å². The maximum absolute atomic E-state index is 12.5. The first-order valence-corrected chi connectivity index (χ1v) is 4.00. The van der Waals surface area contributed by atoms with E-state index in [9.17, 15) is 9.18 Å². The molecular weight excluding hydrogens is 185 g/mol. The minimum absolute atomic E-state index is 0.103. The number of hydrogen-bond acceptors (Lipinski definition) is 2. The standard InChI is InChI=1S/C10H8FNO2/c11-9-3-1-7(2-4-9)5-8(6-12)10(13)14/h1-4,8H,5H2,(H,13,14)/t8-/m0/s1. The minimum atomic E-state index is -1.16. The number of benzene rings is 1. The summed E-state index contributed by atoms with van der Waals surface area (Å²) in [6, 6.07) is 7.10. The van der Waals surface area contributed by atoms with E-state index in [1.807, 2.05) is 0 Å². The van der Waals surface area contributed by atoms with Crippen molar-refractivity contribution in [2.45, 2.75) is 6.42 Å². The molecule has 0 fully saturated rings. The van der Waals surface area contributed by atoms with Crippen LogP contribution in [-0.4, -0.2) is 11.1 Å². The molecule has 0 aromatic heterocycles. The summed E-state index contributed by atoms with van der Waals surface area (Å²) in [5, 5.41) is 17.1. The smallest absolute Gasteiger partial charge is 0.321 e. The van der Waals surface area contributed by atoms with Gasteiger partial charge >= 0.3 is 5.97 Å². The lowest BCUT2D eigenvalue weighted by molar-refractivity contribution is -0.139. The molecule has 1 aromatic carbocycles. The average Bonchev–Trinajstić information content (AvgIpc) is 2.16. The van der Waals surface area contributed by atoms with Crippen molar-refractivity contribution in [3.63, 3.8) is 0 Å². The van der Waals surface area contributed by atoms with Crippen molar-refractivity contribution in [1.29, 1.82) is 5.26 Å². The Bertz CT molecular complexity index is 367. The lowest BCUT2D eigenvalue weighted by Crippen LogP contribution is -2.14. The maximum Gasteiger partial charge on any atom is 0.321 e. The van der Waals surface area contributed by atoms with E-state index in [1.165, 1.54) is 24.3 Å². The molecule has 3 nitrogen and oxygen atoms in total. The molecule has 0 saturated carbocycles. The Morgan fingerprint density at radius 2 is 2.07 bits per heavy atom. The monoisotopic (exact) mass is 193 g/mol. The molecular formula is C10H8FNO2. The van der Waals surface area contributed by atoms with Crippen LogP contribution < -0.4 is 0 Å². The van der Waals surface area contributed by atoms with E-state index in [0.29, 0.717) is 5.56 Å². The Kier molecular flexibility index (Phi) is 3.19. The topological polar surface area (TPSA) is 61.1 Å². The number of carboxylic acids is 1. The first-order chi connectivity index (χ1) is 6.63. The molecule has 0 amide bonds. The number of carboxylic acid groups (broad SMARTS) is 1. The normalized spacial score (nSPS) is 11.7. The van der Waals surface area contributed by atoms with Gasteiger partial charge < -0.3 is 5.11 Å². The van der Waals surface area contributed by atoms with Gasteiger partial charge in [0.1, 0.15) is 11.7 Å². The molecule has 1 N–H and O–H groups in total. The van der Waals surface area contributed by atoms with Crippen LogP contribution in [0.1, 0.15) is 5.56 Å². The first-order valence-electron chi connectivity index (χ1n) is 4.00. The molecule has 0 heterocycles. The summed E-state index contributed by atoms with van der Waals surface area (Å²) < 4.78 is 12.5. The zero-order valence-corrected chi connectivity index (χ0v) is 7.27. The zero-order valence-electron chi connectivity index (χ0n) is 7.27. The van der Waals surface area contributed by atoms with E-state index in [1.54, 1.807) is 6.07 Å². The molecule has 0 radical (unpaired) electrons. The molecule has 1 rings (SSSR count). The quantitative estimate of drug-likeness (QED) is 0.792. The molecule has 4 heteroatoms. The van der Waals surface area contributed by atoms with E-state index < -0.39 is 11.9 Å². The van der Waals surface area contributed by atoms with Crippen molar-refractivity contribution in [2.24, 2.45) is 5.92 Å². The molecule has 14 heavy (non-hydrogen) atoms. The average molecular weight is 193 g/mol. The largest absolute Gasteiger partial charge is 0.480 e. The third-order valence-electron chi connectivity index (χ3n) is 1.81. The molecule has 0 aliphatic heterocycles. The number of nitrogens with zero attached hydrogens (tertiary/aromatic N) is 1. The molecule has 0 bridgehead atoms. The fourth-order valence-corrected chi connectivity index (χ4v) is 1.04. The van der Waals surface area contributed by atoms with Gasteiger partial charge in [0.2, 0.25) is 0 Å². The maximum atomic E-state index is 12.5. The van der Waals surface area contributed by atoms with Crippen molar-refractivity contribution in [2.75, 3.05) is 0 Å². The van der Waals surface area contributed by atoms with Gasteiger partial charge in [0.25, 0.3) is 0 Å². The lowest BCUT2D eigenvalue weighted by Gasteiger charge is -2.03. The summed E-state index contributed by atoms with van der Waals surface area (Å²) in [7, 11) is 0. The highest BCUT2D eigenvalue weighted by atomic mass is 19.1. The van der Waals surface area contributed by atoms with Gasteiger partial charge in [-0.15, -0.1) is 0 Å². The Hall–Kier alpha value is -1.89. The van der Waals surface area contributed by atoms with Gasteiger partial charge in [-0.3, -0.25) is 4.79 Å². The van der Waals surface area contributed by atoms with Crippen LogP contribution in [0.5, 0.6) is 0 Å². The fourth-order valence-electron chi connectivity index (χ4n) is 1.04. The van der Waals surface area contributed by atoms with Crippen LogP contribution in [-0.2, 0) is 11.2 Å². The van der Waals surface area contributed by atoms with Gasteiger partial charge in [-0.05, 0) is 24.1 Å². The third kappa shape index (κ3) is 2.56. The van der Waals surface area contributed by atoms with Crippen molar-refractivity contribution in [3.05, 3.63) is 35.6 Å². The highest BCUT2D eigenvalue weighted by Gasteiger charge is 2.16. The summed E-state index contributed by atoms with van der Waals surface area (Å²) in [5.41, 5.74) is 0.639. The zero-order chi connectivity index (χ0) is 10.6. The van der Waals surface area contributed by atoms with Gasteiger partial charge in [0.05, 0.1) is 6.07 Å². The van der Waals surface area contributed by atoms with Crippen LogP contribution in [0.15, 0.2) is 24.3 Å². The second-order valence-corrected chi connectivity index (χ2v) is 2.85. The van der Waals surface area contributed by atoms with Crippen molar-refractivity contribution in [3.8, 4) is 6.07 Å². The molecule has 0 saturated heterocycles. The summed E-state index contributed by atoms with van der Waals surface area (Å²) in [4.78, 5) is 10.5. The van der Waals surface area contributed by atoms with E-state index in [0.717, 1.165) is 0 Å². The SMILES string of the molecule is N#C[C@H](Cc1ccc(F)cc1)C(=O)O. The summed E-state index contributed by atoms with van der Waals surface area (Å²) in [5.74, 6) is -2.60. The van der Waals surface area contributed by atoms with Gasteiger partial charge in [0, 0.05) is 0 Å². The van der Waals surface area contributed by atoms with Gasteiger partial charge in [0.15, 0.2) is 0 Å². The summed E-state index contributed by atoms with van der Waals surface area (Å²) in [6.07, 6.45) is 0.103. The number of hydrogen-bond donors (Lipinski definition) is 1. The van der Waals surface area contributed by atoms with Crippen LogP contribution in [0.3, 0.4) is 0 Å². The lowest BCUT2D eigenvalue weighted by atomic mass is 10.0. The first kappa shape index (κ1) is 10.2. The Labute approximate surface area is 80.4 Å². The molecule has 1 atom stereocenters. The van der Waals surface area contributed by atoms with Gasteiger partial charge in [-0.25, -0.2) is 4.39 Å². The number of aliphatic carboxylic acids is 1. The summed E-state index contributed by atoms with van der Waals surface area (Å²) >= 11 is 0. The predicted molar refractivity (Wildman–Crippen MR) is 46.8 cm³/mol. The second kappa shape index (κ2) is 4.38. The van der Waals surface area contributed by atoms with Crippen molar-refractivity contribution < 1.29 is 14.3 Å². The van der Waals surface area contributed by atoms with E-state index in [-0.39, 0.29) is 12.2 Å². The third-order valence-corrected chi connectivity index (χ3v) is 1.81. The highest BCUT2D eigenvalue weighted by Crippen LogP contribution is 2.09. The molecule has 0 aliphatic carbocycles. The molecule has 0 spiro atoms. The minimum Gasteiger partial charge on any atom is -0.480 e. The van der Waals surface area contributed by atoms with Crippen LogP contribution in [0, 0.1) is 23.1 Å². The van der Waals surface area contributed by atoms with Crippen LogP contribution >= 0.6 is 0 Å². The number of halogens is 1. The van der Waals surface area contributed by atoms with Crippen molar-refractivity contribution in [1.82, 2.24) is 0 Å². The highest BCUT2D eigenvalue weighted by molar-refractivity contribution is 5.73. The van der Waals surface area contributed by atoms with Crippen molar-refractivity contribution >= 4 is 5.97 Å². The van der Waals surface area contributed by atoms with E-state index in [2.05, 4.69) is 0 Å². The molecule has 0 unspecified atom stereocenters. The van der Waals surface area contributed by atoms with Crippen LogP contribution in [0.4, 0.5) is 4.39 Å². The summed E-state index contributed by atoms with van der Waals surface area (Å²) in [6.45, 7) is 0. The molecule has 72 valence electrons.